The van der Waals surface area contributed by atoms with E-state index in [2.05, 4.69) is 10.1 Å². The summed E-state index contributed by atoms with van der Waals surface area (Å²) in [6.45, 7) is 6.65. The topological polar surface area (TPSA) is 66.0 Å². The molecule has 20 heavy (non-hydrogen) atoms. The average Bonchev–Trinajstić information content (AvgIpc) is 2.70. The molecule has 0 amide bonds. The summed E-state index contributed by atoms with van der Waals surface area (Å²) in [5.74, 6) is 2.47. The molecule has 2 N–H and O–H groups in total. The lowest BCUT2D eigenvalue weighted by molar-refractivity contribution is 0.131. The molecule has 0 saturated carbocycles. The van der Waals surface area contributed by atoms with Crippen LogP contribution in [-0.4, -0.2) is 26.9 Å². The van der Waals surface area contributed by atoms with Crippen LogP contribution in [0.15, 0.2) is 24.3 Å². The van der Waals surface area contributed by atoms with Crippen LogP contribution in [0.2, 0.25) is 0 Å². The second kappa shape index (κ2) is 5.63. The molecule has 0 saturated heterocycles. The standard InChI is InChI=1S/C15H22N4O/c1-15(2,3)20-12-7-5-11(6-8-12)14-17-13(9-10-16)18-19(14)4/h5-8H,9-10,16H2,1-4H3. The number of rotatable bonds is 4. The van der Waals surface area contributed by atoms with Crippen LogP contribution >= 0.6 is 0 Å². The monoisotopic (exact) mass is 274 g/mol. The summed E-state index contributed by atoms with van der Waals surface area (Å²) in [6.07, 6.45) is 0.694. The number of nitrogens with two attached hydrogens (primary N) is 1. The minimum atomic E-state index is -0.194. The van der Waals surface area contributed by atoms with Crippen molar-refractivity contribution in [2.24, 2.45) is 12.8 Å². The van der Waals surface area contributed by atoms with Crippen LogP contribution in [0.1, 0.15) is 26.6 Å². The van der Waals surface area contributed by atoms with Crippen molar-refractivity contribution >= 4 is 0 Å². The fourth-order valence-corrected chi connectivity index (χ4v) is 1.95. The Hall–Kier alpha value is -1.88. The molecule has 0 aliphatic heterocycles. The maximum Gasteiger partial charge on any atom is 0.158 e. The predicted octanol–water partition coefficient (Wildman–Crippen LogP) is 2.16. The lowest BCUT2D eigenvalue weighted by atomic mass is 10.1. The Bertz CT molecular complexity index is 567. The zero-order valence-corrected chi connectivity index (χ0v) is 12.6. The third-order valence-electron chi connectivity index (χ3n) is 2.71. The van der Waals surface area contributed by atoms with E-state index in [9.17, 15) is 0 Å². The largest absolute Gasteiger partial charge is 0.488 e. The van der Waals surface area contributed by atoms with Gasteiger partial charge in [-0.1, -0.05) is 0 Å². The highest BCUT2D eigenvalue weighted by atomic mass is 16.5. The number of ether oxygens (including phenoxy) is 1. The second-order valence-electron chi connectivity index (χ2n) is 5.75. The SMILES string of the molecule is Cn1nc(CCN)nc1-c1ccc(OC(C)(C)C)cc1. The first-order valence-corrected chi connectivity index (χ1v) is 6.78. The number of hydrogen-bond donors (Lipinski definition) is 1. The third kappa shape index (κ3) is 3.57. The number of nitrogens with zero attached hydrogens (tertiary/aromatic N) is 3. The Balaban J connectivity index is 2.21. The summed E-state index contributed by atoms with van der Waals surface area (Å²) in [7, 11) is 1.89. The molecule has 5 heteroatoms. The Morgan fingerprint density at radius 1 is 1.20 bits per heavy atom. The van der Waals surface area contributed by atoms with E-state index in [1.165, 1.54) is 0 Å². The normalized spacial score (nSPS) is 11.7. The molecular weight excluding hydrogens is 252 g/mol. The first-order valence-electron chi connectivity index (χ1n) is 6.78. The molecule has 2 aromatic rings. The van der Waals surface area contributed by atoms with Crippen LogP contribution in [0.5, 0.6) is 5.75 Å². The molecule has 0 bridgehead atoms. The smallest absolute Gasteiger partial charge is 0.158 e. The van der Waals surface area contributed by atoms with Crippen molar-refractivity contribution in [1.82, 2.24) is 14.8 Å². The summed E-state index contributed by atoms with van der Waals surface area (Å²) in [4.78, 5) is 4.51. The zero-order chi connectivity index (χ0) is 14.8. The molecule has 0 fully saturated rings. The van der Waals surface area contributed by atoms with Crippen molar-refractivity contribution in [3.05, 3.63) is 30.1 Å². The molecule has 0 unspecified atom stereocenters. The van der Waals surface area contributed by atoms with Gasteiger partial charge in [0.05, 0.1) is 0 Å². The van der Waals surface area contributed by atoms with Gasteiger partial charge < -0.3 is 10.5 Å². The zero-order valence-electron chi connectivity index (χ0n) is 12.6. The maximum absolute atomic E-state index is 5.81. The summed E-state index contributed by atoms with van der Waals surface area (Å²) in [5, 5.41) is 4.35. The molecule has 0 aliphatic carbocycles. The van der Waals surface area contributed by atoms with Gasteiger partial charge in [0.15, 0.2) is 11.6 Å². The molecular formula is C15H22N4O. The minimum absolute atomic E-state index is 0.194. The Morgan fingerprint density at radius 2 is 1.85 bits per heavy atom. The number of benzene rings is 1. The molecule has 0 radical (unpaired) electrons. The quantitative estimate of drug-likeness (QED) is 0.928. The molecule has 0 aliphatic rings. The van der Waals surface area contributed by atoms with Crippen LogP contribution in [0.4, 0.5) is 0 Å². The molecule has 0 atom stereocenters. The van der Waals surface area contributed by atoms with Crippen LogP contribution < -0.4 is 10.5 Å². The van der Waals surface area contributed by atoms with E-state index in [0.717, 1.165) is 23.0 Å². The highest BCUT2D eigenvalue weighted by Crippen LogP contribution is 2.23. The van der Waals surface area contributed by atoms with Crippen molar-refractivity contribution in [3.8, 4) is 17.1 Å². The van der Waals surface area contributed by atoms with E-state index in [-0.39, 0.29) is 5.60 Å². The van der Waals surface area contributed by atoms with Crippen LogP contribution in [-0.2, 0) is 13.5 Å². The van der Waals surface area contributed by atoms with Gasteiger partial charge in [-0.2, -0.15) is 5.10 Å². The first-order chi connectivity index (χ1) is 9.39. The molecule has 1 aromatic carbocycles. The highest BCUT2D eigenvalue weighted by molar-refractivity contribution is 5.56. The van der Waals surface area contributed by atoms with Gasteiger partial charge in [-0.15, -0.1) is 0 Å². The molecule has 108 valence electrons. The van der Waals surface area contributed by atoms with Gasteiger partial charge in [0.2, 0.25) is 0 Å². The number of aromatic nitrogens is 3. The molecule has 0 spiro atoms. The van der Waals surface area contributed by atoms with Crippen molar-refractivity contribution < 1.29 is 4.74 Å². The van der Waals surface area contributed by atoms with E-state index in [0.29, 0.717) is 13.0 Å². The van der Waals surface area contributed by atoms with Gasteiger partial charge in [-0.05, 0) is 51.6 Å². The first kappa shape index (κ1) is 14.5. The van der Waals surface area contributed by atoms with Crippen molar-refractivity contribution in [1.29, 1.82) is 0 Å². The summed E-state index contributed by atoms with van der Waals surface area (Å²) in [6, 6.07) is 7.91. The molecule has 1 aromatic heterocycles. The Labute approximate surface area is 119 Å². The van der Waals surface area contributed by atoms with E-state index < -0.39 is 0 Å². The van der Waals surface area contributed by atoms with Gasteiger partial charge in [0.1, 0.15) is 11.4 Å². The number of aryl methyl sites for hydroxylation is 1. The summed E-state index contributed by atoms with van der Waals surface area (Å²) < 4.78 is 7.59. The van der Waals surface area contributed by atoms with Crippen molar-refractivity contribution in [3.63, 3.8) is 0 Å². The molecule has 2 rings (SSSR count). The van der Waals surface area contributed by atoms with Gasteiger partial charge in [-0.25, -0.2) is 9.67 Å². The average molecular weight is 274 g/mol. The van der Waals surface area contributed by atoms with Crippen molar-refractivity contribution in [2.75, 3.05) is 6.54 Å². The fraction of sp³-hybridized carbons (Fsp3) is 0.467. The van der Waals surface area contributed by atoms with Gasteiger partial charge >= 0.3 is 0 Å². The molecule has 1 heterocycles. The second-order valence-corrected chi connectivity index (χ2v) is 5.75. The van der Waals surface area contributed by atoms with E-state index in [1.54, 1.807) is 4.68 Å². The highest BCUT2D eigenvalue weighted by Gasteiger charge is 2.13. The maximum atomic E-state index is 5.81. The van der Waals surface area contributed by atoms with Gasteiger partial charge in [0.25, 0.3) is 0 Å². The summed E-state index contributed by atoms with van der Waals surface area (Å²) in [5.41, 5.74) is 6.36. The van der Waals surface area contributed by atoms with Crippen LogP contribution in [0.3, 0.4) is 0 Å². The lowest BCUT2D eigenvalue weighted by Crippen LogP contribution is -2.22. The molecule has 5 nitrogen and oxygen atoms in total. The van der Waals surface area contributed by atoms with Crippen LogP contribution in [0, 0.1) is 0 Å². The van der Waals surface area contributed by atoms with Gasteiger partial charge in [-0.3, -0.25) is 0 Å². The van der Waals surface area contributed by atoms with Gasteiger partial charge in [0, 0.05) is 19.0 Å². The third-order valence-corrected chi connectivity index (χ3v) is 2.71. The lowest BCUT2D eigenvalue weighted by Gasteiger charge is -2.21. The van der Waals surface area contributed by atoms with Crippen molar-refractivity contribution in [2.45, 2.75) is 32.8 Å². The fourth-order valence-electron chi connectivity index (χ4n) is 1.95. The Morgan fingerprint density at radius 3 is 2.40 bits per heavy atom. The van der Waals surface area contributed by atoms with E-state index >= 15 is 0 Å². The summed E-state index contributed by atoms with van der Waals surface area (Å²) >= 11 is 0. The van der Waals surface area contributed by atoms with E-state index in [4.69, 9.17) is 10.5 Å². The number of hydrogen-bond acceptors (Lipinski definition) is 4. The Kier molecular flexibility index (Phi) is 4.09. The van der Waals surface area contributed by atoms with Crippen LogP contribution in [0.25, 0.3) is 11.4 Å². The minimum Gasteiger partial charge on any atom is -0.488 e. The van der Waals surface area contributed by atoms with E-state index in [1.807, 2.05) is 52.1 Å². The predicted molar refractivity (Wildman–Crippen MR) is 79.6 cm³/mol.